The third kappa shape index (κ3) is 4.82. The van der Waals surface area contributed by atoms with Crippen molar-refractivity contribution < 1.29 is 9.59 Å². The summed E-state index contributed by atoms with van der Waals surface area (Å²) in [6.45, 7) is 4.93. The van der Waals surface area contributed by atoms with E-state index in [2.05, 4.69) is 17.6 Å². The van der Waals surface area contributed by atoms with Crippen molar-refractivity contribution in [2.24, 2.45) is 11.5 Å². The van der Waals surface area contributed by atoms with Crippen LogP contribution in [0.2, 0.25) is 0 Å². The first kappa shape index (κ1) is 24.3. The van der Waals surface area contributed by atoms with Crippen LogP contribution < -0.4 is 11.5 Å². The zero-order chi connectivity index (χ0) is 24.2. The molecule has 4 rings (SSSR count). The van der Waals surface area contributed by atoms with Gasteiger partial charge in [-0.15, -0.1) is 0 Å². The van der Waals surface area contributed by atoms with E-state index in [1.807, 2.05) is 23.1 Å². The number of aromatic nitrogens is 1. The molecule has 5 N–H and O–H groups in total. The van der Waals surface area contributed by atoms with Crippen LogP contribution in [0.15, 0.2) is 24.3 Å². The number of nitrogen functional groups attached to an aromatic ring is 1. The minimum absolute atomic E-state index is 0.0643. The molecule has 2 atom stereocenters. The molecule has 0 radical (unpaired) electrons. The second-order valence-corrected chi connectivity index (χ2v) is 9.57. The van der Waals surface area contributed by atoms with Crippen LogP contribution in [0.25, 0.3) is 10.9 Å². The Hall–Kier alpha value is -2.87. The first-order valence-electron chi connectivity index (χ1n) is 12.7. The average Bonchev–Trinajstić information content (AvgIpc) is 3.57. The Morgan fingerprint density at radius 2 is 1.88 bits per heavy atom. The summed E-state index contributed by atoms with van der Waals surface area (Å²) in [5, 5.41) is 8.90. The molecule has 2 aliphatic heterocycles. The quantitative estimate of drug-likeness (QED) is 0.388. The number of amidine groups is 1. The minimum Gasteiger partial charge on any atom is -0.384 e. The minimum atomic E-state index is -0.307. The zero-order valence-corrected chi connectivity index (χ0v) is 20.3. The third-order valence-corrected chi connectivity index (χ3v) is 7.46. The number of rotatable bonds is 9. The summed E-state index contributed by atoms with van der Waals surface area (Å²) >= 11 is 0. The van der Waals surface area contributed by atoms with Crippen LogP contribution in [-0.4, -0.2) is 63.7 Å². The van der Waals surface area contributed by atoms with Gasteiger partial charge in [0.25, 0.3) is 0 Å². The second kappa shape index (κ2) is 10.6. The fourth-order valence-electron chi connectivity index (χ4n) is 5.71. The number of carbonyl (C=O) groups is 2. The van der Waals surface area contributed by atoms with Gasteiger partial charge in [-0.3, -0.25) is 15.0 Å². The summed E-state index contributed by atoms with van der Waals surface area (Å²) in [4.78, 5) is 30.0. The van der Waals surface area contributed by atoms with Crippen LogP contribution in [0.1, 0.15) is 63.1 Å². The fourth-order valence-corrected chi connectivity index (χ4v) is 5.71. The van der Waals surface area contributed by atoms with Gasteiger partial charge in [0.05, 0.1) is 0 Å². The lowest BCUT2D eigenvalue weighted by Gasteiger charge is -2.31. The standard InChI is InChI=1S/C26H38N6O2/c1-2-30-21(16-18-9-10-19(25(28)29)17-23(18)30)12-11-20-6-4-14-31(20)26(34)22-7-5-15-32(22)24(33)8-3-13-27/h9-10,16-17,20,22H,2-8,11-15,27H2,1H3,(H3,28,29). The zero-order valence-electron chi connectivity index (χ0n) is 20.3. The number of aryl methyl sites for hydroxylation is 2. The van der Waals surface area contributed by atoms with Crippen molar-refractivity contribution in [3.8, 4) is 0 Å². The van der Waals surface area contributed by atoms with Crippen molar-refractivity contribution in [1.29, 1.82) is 5.41 Å². The van der Waals surface area contributed by atoms with Crippen LogP contribution in [0.5, 0.6) is 0 Å². The van der Waals surface area contributed by atoms with Gasteiger partial charge in [-0.1, -0.05) is 12.1 Å². The molecular weight excluding hydrogens is 428 g/mol. The lowest BCUT2D eigenvalue weighted by molar-refractivity contribution is -0.144. The number of hydrogen-bond donors (Lipinski definition) is 3. The maximum atomic E-state index is 13.5. The number of fused-ring (bicyclic) bond motifs is 1. The lowest BCUT2D eigenvalue weighted by Crippen LogP contribution is -2.49. The van der Waals surface area contributed by atoms with Gasteiger partial charge in [0.15, 0.2) is 0 Å². The Morgan fingerprint density at radius 1 is 1.12 bits per heavy atom. The Morgan fingerprint density at radius 3 is 2.62 bits per heavy atom. The fraction of sp³-hybridized carbons (Fsp3) is 0.577. The van der Waals surface area contributed by atoms with E-state index in [1.54, 1.807) is 4.90 Å². The molecule has 2 saturated heterocycles. The normalized spacial score (nSPS) is 20.4. The van der Waals surface area contributed by atoms with E-state index in [9.17, 15) is 9.59 Å². The van der Waals surface area contributed by atoms with E-state index in [-0.39, 0.29) is 29.7 Å². The number of carbonyl (C=O) groups excluding carboxylic acids is 2. The van der Waals surface area contributed by atoms with E-state index in [0.717, 1.165) is 68.1 Å². The SMILES string of the molecule is CCn1c(CCC2CCCN2C(=O)C2CCCN2C(=O)CCCN)cc2ccc(C(=N)N)cc21. The van der Waals surface area contributed by atoms with Crippen LogP contribution >= 0.6 is 0 Å². The maximum Gasteiger partial charge on any atom is 0.245 e. The number of likely N-dealkylation sites (tertiary alicyclic amines) is 2. The van der Waals surface area contributed by atoms with Gasteiger partial charge in [0, 0.05) is 48.9 Å². The smallest absolute Gasteiger partial charge is 0.245 e. The van der Waals surface area contributed by atoms with Crippen molar-refractivity contribution >= 4 is 28.6 Å². The number of nitrogens with zero attached hydrogens (tertiary/aromatic N) is 3. The monoisotopic (exact) mass is 466 g/mol. The van der Waals surface area contributed by atoms with E-state index in [4.69, 9.17) is 16.9 Å². The maximum absolute atomic E-state index is 13.5. The highest BCUT2D eigenvalue weighted by Gasteiger charge is 2.39. The van der Waals surface area contributed by atoms with Gasteiger partial charge >= 0.3 is 0 Å². The summed E-state index contributed by atoms with van der Waals surface area (Å²) in [6, 6.07) is 8.05. The van der Waals surface area contributed by atoms with Crippen molar-refractivity contribution in [3.05, 3.63) is 35.5 Å². The summed E-state index contributed by atoms with van der Waals surface area (Å²) in [7, 11) is 0. The molecule has 34 heavy (non-hydrogen) atoms. The van der Waals surface area contributed by atoms with E-state index >= 15 is 0 Å². The van der Waals surface area contributed by atoms with Gasteiger partial charge in [0.1, 0.15) is 11.9 Å². The molecule has 2 fully saturated rings. The summed E-state index contributed by atoms with van der Waals surface area (Å²) in [5.74, 6) is 0.271. The highest BCUT2D eigenvalue weighted by Crippen LogP contribution is 2.29. The molecule has 0 saturated carbocycles. The van der Waals surface area contributed by atoms with Crippen molar-refractivity contribution in [2.45, 2.75) is 76.9 Å². The Bertz CT molecular complexity index is 1060. The number of nitrogens with two attached hydrogens (primary N) is 2. The molecule has 2 unspecified atom stereocenters. The molecule has 8 heteroatoms. The highest BCUT2D eigenvalue weighted by molar-refractivity contribution is 5.98. The largest absolute Gasteiger partial charge is 0.384 e. The van der Waals surface area contributed by atoms with E-state index < -0.39 is 0 Å². The predicted octanol–water partition coefficient (Wildman–Crippen LogP) is 2.60. The summed E-state index contributed by atoms with van der Waals surface area (Å²) in [6.07, 6.45) is 6.58. The van der Waals surface area contributed by atoms with Gasteiger partial charge in [-0.25, -0.2) is 0 Å². The Labute approximate surface area is 201 Å². The Balaban J connectivity index is 1.45. The molecule has 0 bridgehead atoms. The van der Waals surface area contributed by atoms with Crippen LogP contribution in [-0.2, 0) is 22.6 Å². The number of amides is 2. The molecule has 1 aromatic carbocycles. The molecule has 0 spiro atoms. The van der Waals surface area contributed by atoms with Crippen molar-refractivity contribution in [1.82, 2.24) is 14.4 Å². The molecule has 2 amide bonds. The highest BCUT2D eigenvalue weighted by atomic mass is 16.2. The topological polar surface area (TPSA) is 121 Å². The summed E-state index contributed by atoms with van der Waals surface area (Å²) in [5.41, 5.74) is 14.4. The van der Waals surface area contributed by atoms with Gasteiger partial charge in [0.2, 0.25) is 11.8 Å². The van der Waals surface area contributed by atoms with Gasteiger partial charge in [-0.05, 0) is 75.9 Å². The van der Waals surface area contributed by atoms with Gasteiger partial charge in [-0.2, -0.15) is 0 Å². The molecule has 0 aliphatic carbocycles. The van der Waals surface area contributed by atoms with E-state index in [1.165, 1.54) is 5.69 Å². The number of nitrogens with one attached hydrogen (secondary N) is 1. The molecule has 2 aliphatic rings. The summed E-state index contributed by atoms with van der Waals surface area (Å²) < 4.78 is 2.29. The molecule has 1 aromatic heterocycles. The lowest BCUT2D eigenvalue weighted by atomic mass is 10.1. The van der Waals surface area contributed by atoms with Crippen LogP contribution in [0.4, 0.5) is 0 Å². The van der Waals surface area contributed by atoms with Crippen LogP contribution in [0, 0.1) is 5.41 Å². The first-order chi connectivity index (χ1) is 16.4. The van der Waals surface area contributed by atoms with Crippen molar-refractivity contribution in [2.75, 3.05) is 19.6 Å². The molecule has 2 aromatic rings. The van der Waals surface area contributed by atoms with Crippen molar-refractivity contribution in [3.63, 3.8) is 0 Å². The van der Waals surface area contributed by atoms with Crippen LogP contribution in [0.3, 0.4) is 0 Å². The Kier molecular flexibility index (Phi) is 7.56. The first-order valence-corrected chi connectivity index (χ1v) is 12.7. The van der Waals surface area contributed by atoms with E-state index in [0.29, 0.717) is 25.9 Å². The third-order valence-electron chi connectivity index (χ3n) is 7.46. The molecular formula is C26H38N6O2. The molecule has 3 heterocycles. The molecule has 184 valence electrons. The van der Waals surface area contributed by atoms with Gasteiger partial charge < -0.3 is 25.8 Å². The molecule has 8 nitrogen and oxygen atoms in total. The predicted molar refractivity (Wildman–Crippen MR) is 135 cm³/mol. The number of benzene rings is 1. The average molecular weight is 467 g/mol. The second-order valence-electron chi connectivity index (χ2n) is 9.57. The number of hydrogen-bond acceptors (Lipinski definition) is 4.